The summed E-state index contributed by atoms with van der Waals surface area (Å²) in [6, 6.07) is 3.82. The van der Waals surface area contributed by atoms with Gasteiger partial charge in [0.15, 0.2) is 0 Å². The molecule has 0 aromatic carbocycles. The van der Waals surface area contributed by atoms with E-state index >= 15 is 0 Å². The number of aryl methyl sites for hydroxylation is 1. The Bertz CT molecular complexity index is 685. The predicted octanol–water partition coefficient (Wildman–Crippen LogP) is 1.53. The average Bonchev–Trinajstić information content (AvgIpc) is 3.06. The quantitative estimate of drug-likeness (QED) is 0.772. The summed E-state index contributed by atoms with van der Waals surface area (Å²) in [6.07, 6.45) is 1.56. The summed E-state index contributed by atoms with van der Waals surface area (Å²) in [7, 11) is 0. The zero-order valence-electron chi connectivity index (χ0n) is 13.6. The molecule has 1 fully saturated rings. The van der Waals surface area contributed by atoms with Crippen molar-refractivity contribution in [3.63, 3.8) is 0 Å². The molecule has 24 heavy (non-hydrogen) atoms. The van der Waals surface area contributed by atoms with E-state index in [4.69, 9.17) is 4.74 Å². The number of rotatable bonds is 6. The monoisotopic (exact) mass is 347 g/mol. The molecule has 128 valence electrons. The van der Waals surface area contributed by atoms with E-state index < -0.39 is 0 Å². The van der Waals surface area contributed by atoms with E-state index in [0.29, 0.717) is 13.1 Å². The minimum Gasteiger partial charge on any atom is -0.378 e. The van der Waals surface area contributed by atoms with Crippen molar-refractivity contribution in [2.24, 2.45) is 0 Å². The highest BCUT2D eigenvalue weighted by Crippen LogP contribution is 2.15. The lowest BCUT2D eigenvalue weighted by Crippen LogP contribution is -2.36. The van der Waals surface area contributed by atoms with E-state index in [0.717, 1.165) is 48.4 Å². The van der Waals surface area contributed by atoms with Crippen LogP contribution in [0.15, 0.2) is 23.8 Å². The number of hydrogen-bond donors (Lipinski definition) is 2. The molecular formula is C16H21N5O2S. The van der Waals surface area contributed by atoms with Crippen LogP contribution in [0.4, 0.5) is 11.6 Å². The lowest BCUT2D eigenvalue weighted by Gasteiger charge is -2.27. The zero-order valence-corrected chi connectivity index (χ0v) is 14.4. The van der Waals surface area contributed by atoms with Crippen molar-refractivity contribution in [3.8, 4) is 0 Å². The van der Waals surface area contributed by atoms with Crippen LogP contribution in [-0.2, 0) is 4.74 Å². The lowest BCUT2D eigenvalue weighted by atomic mass is 10.3. The van der Waals surface area contributed by atoms with Crippen LogP contribution in [0, 0.1) is 6.92 Å². The Labute approximate surface area is 145 Å². The maximum Gasteiger partial charge on any atom is 0.261 e. The lowest BCUT2D eigenvalue weighted by molar-refractivity contribution is 0.0959. The van der Waals surface area contributed by atoms with Gasteiger partial charge in [0, 0.05) is 32.2 Å². The van der Waals surface area contributed by atoms with E-state index in [1.807, 2.05) is 24.4 Å². The summed E-state index contributed by atoms with van der Waals surface area (Å²) in [4.78, 5) is 23.4. The third-order valence-electron chi connectivity index (χ3n) is 3.66. The molecule has 0 aliphatic carbocycles. The maximum absolute atomic E-state index is 12.0. The molecule has 1 saturated heterocycles. The third kappa shape index (κ3) is 4.42. The number of thiophene rings is 1. The van der Waals surface area contributed by atoms with Crippen molar-refractivity contribution in [1.82, 2.24) is 15.3 Å². The average molecular weight is 347 g/mol. The van der Waals surface area contributed by atoms with Crippen molar-refractivity contribution in [1.29, 1.82) is 0 Å². The van der Waals surface area contributed by atoms with E-state index in [9.17, 15) is 4.79 Å². The van der Waals surface area contributed by atoms with Crippen LogP contribution in [0.3, 0.4) is 0 Å². The summed E-state index contributed by atoms with van der Waals surface area (Å²) in [6.45, 7) is 6.25. The second-order valence-corrected chi connectivity index (χ2v) is 6.44. The molecule has 0 bridgehead atoms. The van der Waals surface area contributed by atoms with Gasteiger partial charge in [-0.3, -0.25) is 4.79 Å². The van der Waals surface area contributed by atoms with Crippen LogP contribution >= 0.6 is 11.3 Å². The summed E-state index contributed by atoms with van der Waals surface area (Å²) in [5.41, 5.74) is 1.11. The van der Waals surface area contributed by atoms with Gasteiger partial charge in [-0.15, -0.1) is 11.3 Å². The summed E-state index contributed by atoms with van der Waals surface area (Å²) in [5, 5.41) is 8.09. The predicted molar refractivity (Wildman–Crippen MR) is 94.9 cm³/mol. The Morgan fingerprint density at radius 1 is 1.29 bits per heavy atom. The molecule has 2 N–H and O–H groups in total. The fourth-order valence-electron chi connectivity index (χ4n) is 2.41. The molecule has 0 unspecified atom stereocenters. The number of carbonyl (C=O) groups is 1. The second kappa shape index (κ2) is 8.07. The molecule has 3 heterocycles. The summed E-state index contributed by atoms with van der Waals surface area (Å²) >= 11 is 1.46. The standard InChI is InChI=1S/C16H21N5O2S/c1-12-8-13(24-10-12)16(22)18-3-2-17-14-9-15(20-11-19-14)21-4-6-23-7-5-21/h8-11H,2-7H2,1H3,(H,18,22)(H,17,19,20). The minimum absolute atomic E-state index is 0.0356. The number of carbonyl (C=O) groups excluding carboxylic acids is 1. The van der Waals surface area contributed by atoms with Crippen molar-refractivity contribution in [2.45, 2.75) is 6.92 Å². The second-order valence-electron chi connectivity index (χ2n) is 5.53. The van der Waals surface area contributed by atoms with E-state index in [2.05, 4.69) is 25.5 Å². The van der Waals surface area contributed by atoms with Crippen molar-refractivity contribution in [2.75, 3.05) is 49.6 Å². The summed E-state index contributed by atoms with van der Waals surface area (Å²) in [5.74, 6) is 1.62. The number of hydrogen-bond acceptors (Lipinski definition) is 7. The normalized spacial score (nSPS) is 14.5. The number of morpholine rings is 1. The molecule has 3 rings (SSSR count). The molecular weight excluding hydrogens is 326 g/mol. The number of aromatic nitrogens is 2. The largest absolute Gasteiger partial charge is 0.378 e. The van der Waals surface area contributed by atoms with E-state index in [1.165, 1.54) is 11.3 Å². The van der Waals surface area contributed by atoms with Crippen molar-refractivity contribution >= 4 is 28.9 Å². The highest BCUT2D eigenvalue weighted by Gasteiger charge is 2.13. The number of amides is 1. The number of nitrogens with zero attached hydrogens (tertiary/aromatic N) is 3. The Morgan fingerprint density at radius 3 is 2.88 bits per heavy atom. The van der Waals surface area contributed by atoms with Crippen LogP contribution in [0.5, 0.6) is 0 Å². The number of nitrogens with one attached hydrogen (secondary N) is 2. The number of ether oxygens (including phenoxy) is 1. The molecule has 0 atom stereocenters. The van der Waals surface area contributed by atoms with Gasteiger partial charge in [-0.1, -0.05) is 0 Å². The first kappa shape index (κ1) is 16.7. The van der Waals surface area contributed by atoms with Gasteiger partial charge in [-0.05, 0) is 23.9 Å². The molecule has 1 aliphatic heterocycles. The van der Waals surface area contributed by atoms with Gasteiger partial charge in [-0.25, -0.2) is 9.97 Å². The Hall–Kier alpha value is -2.19. The Morgan fingerprint density at radius 2 is 2.12 bits per heavy atom. The van der Waals surface area contributed by atoms with E-state index in [1.54, 1.807) is 6.33 Å². The van der Waals surface area contributed by atoms with Crippen LogP contribution in [0.1, 0.15) is 15.2 Å². The molecule has 1 aliphatic rings. The van der Waals surface area contributed by atoms with Crippen molar-refractivity contribution < 1.29 is 9.53 Å². The zero-order chi connectivity index (χ0) is 16.8. The first-order chi connectivity index (χ1) is 11.7. The SMILES string of the molecule is Cc1csc(C(=O)NCCNc2cc(N3CCOCC3)ncn2)c1. The Kier molecular flexibility index (Phi) is 5.60. The highest BCUT2D eigenvalue weighted by atomic mass is 32.1. The molecule has 0 radical (unpaired) electrons. The molecule has 7 nitrogen and oxygen atoms in total. The molecule has 2 aromatic rings. The van der Waals surface area contributed by atoms with Gasteiger partial charge < -0.3 is 20.3 Å². The number of anilines is 2. The third-order valence-corrected chi connectivity index (χ3v) is 4.71. The van der Waals surface area contributed by atoms with Crippen LogP contribution < -0.4 is 15.5 Å². The van der Waals surface area contributed by atoms with Crippen LogP contribution in [0.25, 0.3) is 0 Å². The molecule has 2 aromatic heterocycles. The smallest absolute Gasteiger partial charge is 0.261 e. The first-order valence-corrected chi connectivity index (χ1v) is 8.82. The molecule has 8 heteroatoms. The van der Waals surface area contributed by atoms with Gasteiger partial charge in [0.2, 0.25) is 0 Å². The first-order valence-electron chi connectivity index (χ1n) is 7.94. The van der Waals surface area contributed by atoms with Gasteiger partial charge in [-0.2, -0.15) is 0 Å². The van der Waals surface area contributed by atoms with Gasteiger partial charge in [0.05, 0.1) is 18.1 Å². The Balaban J connectivity index is 1.45. The maximum atomic E-state index is 12.0. The van der Waals surface area contributed by atoms with E-state index in [-0.39, 0.29) is 5.91 Å². The topological polar surface area (TPSA) is 79.4 Å². The minimum atomic E-state index is -0.0356. The molecule has 0 saturated carbocycles. The van der Waals surface area contributed by atoms with Gasteiger partial charge >= 0.3 is 0 Å². The van der Waals surface area contributed by atoms with Gasteiger partial charge in [0.1, 0.15) is 18.0 Å². The fourth-order valence-corrected chi connectivity index (χ4v) is 3.23. The van der Waals surface area contributed by atoms with Crippen LogP contribution in [0.2, 0.25) is 0 Å². The molecule has 1 amide bonds. The molecule has 0 spiro atoms. The van der Waals surface area contributed by atoms with Crippen molar-refractivity contribution in [3.05, 3.63) is 34.3 Å². The summed E-state index contributed by atoms with van der Waals surface area (Å²) < 4.78 is 5.35. The van der Waals surface area contributed by atoms with Gasteiger partial charge in [0.25, 0.3) is 5.91 Å². The highest BCUT2D eigenvalue weighted by molar-refractivity contribution is 7.12. The fraction of sp³-hybridized carbons (Fsp3) is 0.438. The van der Waals surface area contributed by atoms with Crippen LogP contribution in [-0.4, -0.2) is 55.3 Å².